The molecular formula is C17H20FNO2. The molecule has 0 spiro atoms. The molecule has 2 rings (SSSR count). The Morgan fingerprint density at radius 3 is 2.48 bits per heavy atom. The van der Waals surface area contributed by atoms with Crippen LogP contribution in [-0.4, -0.2) is 23.1 Å². The number of nitrogens with zero attached hydrogens (tertiary/aromatic N) is 1. The molecular weight excluding hydrogens is 269 g/mol. The average Bonchev–Trinajstić information content (AvgIpc) is 2.40. The summed E-state index contributed by atoms with van der Waals surface area (Å²) in [6.45, 7) is 6.01. The third-order valence-electron chi connectivity index (χ3n) is 2.97. The highest BCUT2D eigenvalue weighted by molar-refractivity contribution is 5.70. The van der Waals surface area contributed by atoms with Gasteiger partial charge in [-0.3, -0.25) is 4.90 Å². The first kappa shape index (κ1) is 15.3. The highest BCUT2D eigenvalue weighted by atomic mass is 19.1. The van der Waals surface area contributed by atoms with Crippen LogP contribution in [0.3, 0.4) is 0 Å². The number of amides is 1. The summed E-state index contributed by atoms with van der Waals surface area (Å²) >= 11 is 0. The predicted octanol–water partition coefficient (Wildman–Crippen LogP) is 4.06. The van der Waals surface area contributed by atoms with Crippen LogP contribution in [0.15, 0.2) is 48.2 Å². The molecule has 0 saturated heterocycles. The molecule has 1 heterocycles. The van der Waals surface area contributed by atoms with Crippen molar-refractivity contribution in [2.24, 2.45) is 0 Å². The van der Waals surface area contributed by atoms with E-state index in [4.69, 9.17) is 4.74 Å². The fourth-order valence-corrected chi connectivity index (χ4v) is 1.96. The number of benzene rings is 1. The van der Waals surface area contributed by atoms with Crippen molar-refractivity contribution >= 4 is 6.09 Å². The van der Waals surface area contributed by atoms with Gasteiger partial charge in [-0.1, -0.05) is 18.2 Å². The Hall–Kier alpha value is -2.10. The highest BCUT2D eigenvalue weighted by Gasteiger charge is 2.21. The van der Waals surface area contributed by atoms with Crippen molar-refractivity contribution in [1.82, 2.24) is 4.90 Å². The van der Waals surface area contributed by atoms with E-state index < -0.39 is 5.60 Å². The fraction of sp³-hybridized carbons (Fsp3) is 0.353. The van der Waals surface area contributed by atoms with Crippen molar-refractivity contribution < 1.29 is 13.9 Å². The molecule has 0 atom stereocenters. The summed E-state index contributed by atoms with van der Waals surface area (Å²) < 4.78 is 18.2. The van der Waals surface area contributed by atoms with E-state index in [9.17, 15) is 9.18 Å². The average molecular weight is 289 g/mol. The largest absolute Gasteiger partial charge is 0.443 e. The number of rotatable bonds is 2. The molecule has 4 heteroatoms. The Morgan fingerprint density at radius 1 is 1.29 bits per heavy atom. The molecule has 1 aromatic carbocycles. The van der Waals surface area contributed by atoms with Crippen LogP contribution in [0.2, 0.25) is 0 Å². The summed E-state index contributed by atoms with van der Waals surface area (Å²) in [5.41, 5.74) is 1.64. The van der Waals surface area contributed by atoms with Crippen molar-refractivity contribution in [3.63, 3.8) is 0 Å². The maximum atomic E-state index is 12.9. The van der Waals surface area contributed by atoms with E-state index in [1.165, 1.54) is 17.0 Å². The van der Waals surface area contributed by atoms with Crippen molar-refractivity contribution in [3.05, 3.63) is 59.6 Å². The van der Waals surface area contributed by atoms with Gasteiger partial charge in [0.15, 0.2) is 0 Å². The number of hydrogen-bond acceptors (Lipinski definition) is 2. The molecule has 0 aliphatic carbocycles. The normalized spacial score (nSPS) is 14.9. The third kappa shape index (κ3) is 4.74. The van der Waals surface area contributed by atoms with Gasteiger partial charge in [0.05, 0.1) is 0 Å². The number of carbonyl (C=O) groups is 1. The number of halogens is 1. The molecule has 21 heavy (non-hydrogen) atoms. The summed E-state index contributed by atoms with van der Waals surface area (Å²) in [6.07, 6.45) is 5.96. The Labute approximate surface area is 124 Å². The molecule has 0 bridgehead atoms. The summed E-state index contributed by atoms with van der Waals surface area (Å²) in [6, 6.07) is 6.44. The molecule has 1 aromatic rings. The van der Waals surface area contributed by atoms with Crippen LogP contribution in [-0.2, 0) is 11.2 Å². The van der Waals surface area contributed by atoms with Crippen LogP contribution in [0.25, 0.3) is 0 Å². The number of allylic oxidation sites excluding steroid dienone is 2. The van der Waals surface area contributed by atoms with Crippen LogP contribution in [0, 0.1) is 5.82 Å². The molecule has 0 N–H and O–H groups in total. The first-order chi connectivity index (χ1) is 9.83. The summed E-state index contributed by atoms with van der Waals surface area (Å²) in [4.78, 5) is 13.4. The maximum absolute atomic E-state index is 12.9. The van der Waals surface area contributed by atoms with Crippen LogP contribution < -0.4 is 0 Å². The summed E-state index contributed by atoms with van der Waals surface area (Å²) in [5.74, 6) is -0.233. The zero-order valence-electron chi connectivity index (χ0n) is 12.6. The Kier molecular flexibility index (Phi) is 4.46. The highest BCUT2D eigenvalue weighted by Crippen LogP contribution is 2.16. The van der Waals surface area contributed by atoms with Gasteiger partial charge >= 0.3 is 6.09 Å². The van der Waals surface area contributed by atoms with E-state index in [0.29, 0.717) is 6.54 Å². The van der Waals surface area contributed by atoms with Gasteiger partial charge in [-0.2, -0.15) is 0 Å². The first-order valence-corrected chi connectivity index (χ1v) is 6.95. The molecule has 0 radical (unpaired) electrons. The third-order valence-corrected chi connectivity index (χ3v) is 2.97. The molecule has 3 nitrogen and oxygen atoms in total. The Bertz CT molecular complexity index is 567. The molecule has 1 amide bonds. The van der Waals surface area contributed by atoms with Crippen molar-refractivity contribution in [1.29, 1.82) is 0 Å². The van der Waals surface area contributed by atoms with Gasteiger partial charge in [0, 0.05) is 12.7 Å². The lowest BCUT2D eigenvalue weighted by atomic mass is 10.0. The van der Waals surface area contributed by atoms with Gasteiger partial charge in [0.1, 0.15) is 11.4 Å². The molecule has 1 aliphatic rings. The fourth-order valence-electron chi connectivity index (χ4n) is 1.96. The van der Waals surface area contributed by atoms with E-state index in [1.807, 2.05) is 32.9 Å². The van der Waals surface area contributed by atoms with Crippen molar-refractivity contribution in [3.8, 4) is 0 Å². The molecule has 0 fully saturated rings. The first-order valence-electron chi connectivity index (χ1n) is 6.95. The smallest absolute Gasteiger partial charge is 0.414 e. The van der Waals surface area contributed by atoms with Crippen LogP contribution in [0.5, 0.6) is 0 Å². The van der Waals surface area contributed by atoms with Gasteiger partial charge in [-0.05, 0) is 56.5 Å². The molecule has 0 unspecified atom stereocenters. The number of carbonyl (C=O) groups excluding carboxylic acids is 1. The van der Waals surface area contributed by atoms with Crippen molar-refractivity contribution in [2.45, 2.75) is 32.8 Å². The maximum Gasteiger partial charge on any atom is 0.414 e. The molecule has 0 aromatic heterocycles. The van der Waals surface area contributed by atoms with E-state index >= 15 is 0 Å². The minimum atomic E-state index is -0.497. The van der Waals surface area contributed by atoms with Gasteiger partial charge < -0.3 is 4.74 Å². The predicted molar refractivity (Wildman–Crippen MR) is 80.3 cm³/mol. The number of ether oxygens (including phenoxy) is 1. The molecule has 1 aliphatic heterocycles. The van der Waals surface area contributed by atoms with E-state index in [1.54, 1.807) is 18.3 Å². The Morgan fingerprint density at radius 2 is 1.95 bits per heavy atom. The minimum Gasteiger partial charge on any atom is -0.443 e. The summed E-state index contributed by atoms with van der Waals surface area (Å²) in [7, 11) is 0. The second-order valence-electron chi connectivity index (χ2n) is 6.03. The second kappa shape index (κ2) is 6.12. The quantitative estimate of drug-likeness (QED) is 0.821. The Balaban J connectivity index is 1.92. The number of hydrogen-bond donors (Lipinski definition) is 0. The van der Waals surface area contributed by atoms with Crippen LogP contribution in [0.1, 0.15) is 26.3 Å². The van der Waals surface area contributed by atoms with Gasteiger partial charge in [-0.15, -0.1) is 0 Å². The molecule has 112 valence electrons. The zero-order valence-corrected chi connectivity index (χ0v) is 12.6. The lowest BCUT2D eigenvalue weighted by Gasteiger charge is -2.26. The van der Waals surface area contributed by atoms with E-state index in [0.717, 1.165) is 17.6 Å². The topological polar surface area (TPSA) is 29.5 Å². The SMILES string of the molecule is CC(C)(C)OC(=O)N1C=CC(Cc2ccc(F)cc2)=CC1. The van der Waals surface area contributed by atoms with E-state index in [-0.39, 0.29) is 11.9 Å². The van der Waals surface area contributed by atoms with Gasteiger partial charge in [0.2, 0.25) is 0 Å². The van der Waals surface area contributed by atoms with Crippen LogP contribution in [0.4, 0.5) is 9.18 Å². The lowest BCUT2D eigenvalue weighted by Crippen LogP contribution is -2.34. The lowest BCUT2D eigenvalue weighted by molar-refractivity contribution is 0.0349. The van der Waals surface area contributed by atoms with Gasteiger partial charge in [0.25, 0.3) is 0 Å². The minimum absolute atomic E-state index is 0.233. The van der Waals surface area contributed by atoms with Crippen LogP contribution >= 0.6 is 0 Å². The van der Waals surface area contributed by atoms with Crippen molar-refractivity contribution in [2.75, 3.05) is 6.54 Å². The standard InChI is InChI=1S/C17H20FNO2/c1-17(2,3)21-16(20)19-10-8-14(9-11-19)12-13-4-6-15(18)7-5-13/h4-10H,11-12H2,1-3H3. The second-order valence-corrected chi connectivity index (χ2v) is 6.03. The van der Waals surface area contributed by atoms with Gasteiger partial charge in [-0.25, -0.2) is 9.18 Å². The molecule has 0 saturated carbocycles. The zero-order chi connectivity index (χ0) is 15.5. The summed E-state index contributed by atoms with van der Waals surface area (Å²) in [5, 5.41) is 0. The monoisotopic (exact) mass is 289 g/mol. The van der Waals surface area contributed by atoms with E-state index in [2.05, 4.69) is 0 Å².